The molecule has 12 heavy (non-hydrogen) atoms. The normalized spacial score (nSPS) is 9.50. The van der Waals surface area contributed by atoms with E-state index >= 15 is 0 Å². The number of nitriles is 1. The Kier molecular flexibility index (Phi) is 3.10. The van der Waals surface area contributed by atoms with E-state index in [0.717, 1.165) is 10.0 Å². The molecule has 0 radical (unpaired) electrons. The fourth-order valence-electron chi connectivity index (χ4n) is 0.911. The molecule has 0 heterocycles. The van der Waals surface area contributed by atoms with Gasteiger partial charge < -0.3 is 5.73 Å². The van der Waals surface area contributed by atoms with E-state index in [1.807, 2.05) is 6.07 Å². The zero-order valence-electron chi connectivity index (χ0n) is 6.14. The number of benzene rings is 1. The van der Waals surface area contributed by atoms with E-state index in [0.29, 0.717) is 17.1 Å². The van der Waals surface area contributed by atoms with Crippen LogP contribution in [0.3, 0.4) is 0 Å². The second kappa shape index (κ2) is 3.90. The average molecular weight is 246 g/mol. The summed E-state index contributed by atoms with van der Waals surface area (Å²) in [5.41, 5.74) is 6.77. The van der Waals surface area contributed by atoms with Crippen molar-refractivity contribution in [1.82, 2.24) is 0 Å². The van der Waals surface area contributed by atoms with Crippen LogP contribution >= 0.6 is 27.5 Å². The third-order valence-electron chi connectivity index (χ3n) is 1.48. The van der Waals surface area contributed by atoms with Crippen molar-refractivity contribution in [2.24, 2.45) is 5.73 Å². The van der Waals surface area contributed by atoms with Gasteiger partial charge in [0.2, 0.25) is 0 Å². The van der Waals surface area contributed by atoms with Crippen LogP contribution in [0.2, 0.25) is 5.02 Å². The first-order valence-electron chi connectivity index (χ1n) is 3.27. The number of hydrogen-bond acceptors (Lipinski definition) is 2. The molecule has 1 aromatic rings. The molecule has 1 aromatic carbocycles. The fraction of sp³-hybridized carbons (Fsp3) is 0.125. The molecule has 2 N–H and O–H groups in total. The molecule has 0 aliphatic carbocycles. The van der Waals surface area contributed by atoms with Crippen LogP contribution in [0.25, 0.3) is 0 Å². The standard InChI is InChI=1S/C8H6BrClN2/c9-8-2-6(10)1-5(3-11)7(8)4-12/h1-2H,4,12H2. The lowest BCUT2D eigenvalue weighted by atomic mass is 10.1. The molecule has 0 aromatic heterocycles. The van der Waals surface area contributed by atoms with Crippen LogP contribution in [-0.2, 0) is 6.54 Å². The van der Waals surface area contributed by atoms with Gasteiger partial charge in [0.05, 0.1) is 11.6 Å². The Balaban J connectivity index is 3.36. The maximum absolute atomic E-state index is 8.71. The lowest BCUT2D eigenvalue weighted by molar-refractivity contribution is 1.05. The van der Waals surface area contributed by atoms with E-state index in [-0.39, 0.29) is 0 Å². The van der Waals surface area contributed by atoms with E-state index in [9.17, 15) is 0 Å². The maximum atomic E-state index is 8.71. The van der Waals surface area contributed by atoms with Crippen molar-refractivity contribution in [2.45, 2.75) is 6.54 Å². The highest BCUT2D eigenvalue weighted by Crippen LogP contribution is 2.24. The predicted molar refractivity (Wildman–Crippen MR) is 51.8 cm³/mol. The van der Waals surface area contributed by atoms with Crippen LogP contribution in [0.15, 0.2) is 16.6 Å². The third kappa shape index (κ3) is 1.78. The minimum Gasteiger partial charge on any atom is -0.326 e. The predicted octanol–water partition coefficient (Wildman–Crippen LogP) is 2.43. The lowest BCUT2D eigenvalue weighted by Gasteiger charge is -2.03. The first-order chi connectivity index (χ1) is 5.69. The summed E-state index contributed by atoms with van der Waals surface area (Å²) in [6.07, 6.45) is 0. The maximum Gasteiger partial charge on any atom is 0.0995 e. The summed E-state index contributed by atoms with van der Waals surface area (Å²) in [5.74, 6) is 0. The highest BCUT2D eigenvalue weighted by atomic mass is 79.9. The van der Waals surface area contributed by atoms with Crippen LogP contribution in [0.5, 0.6) is 0 Å². The second-order valence-corrected chi connectivity index (χ2v) is 3.52. The number of rotatable bonds is 1. The van der Waals surface area contributed by atoms with Crippen molar-refractivity contribution >= 4 is 27.5 Å². The molecule has 0 unspecified atom stereocenters. The molecule has 0 atom stereocenters. The second-order valence-electron chi connectivity index (χ2n) is 2.23. The van der Waals surface area contributed by atoms with Crippen molar-refractivity contribution in [3.63, 3.8) is 0 Å². The quantitative estimate of drug-likeness (QED) is 0.826. The molecule has 0 aliphatic heterocycles. The van der Waals surface area contributed by atoms with Gasteiger partial charge in [-0.3, -0.25) is 0 Å². The third-order valence-corrected chi connectivity index (χ3v) is 2.41. The molecule has 0 spiro atoms. The molecule has 62 valence electrons. The van der Waals surface area contributed by atoms with Gasteiger partial charge in [0.1, 0.15) is 0 Å². The zero-order valence-corrected chi connectivity index (χ0v) is 8.48. The molecule has 0 fully saturated rings. The van der Waals surface area contributed by atoms with Crippen LogP contribution in [0.4, 0.5) is 0 Å². The van der Waals surface area contributed by atoms with Gasteiger partial charge in [-0.25, -0.2) is 0 Å². The van der Waals surface area contributed by atoms with Crippen molar-refractivity contribution < 1.29 is 0 Å². The molecule has 4 heteroatoms. The average Bonchev–Trinajstić information content (AvgIpc) is 2.03. The number of hydrogen-bond donors (Lipinski definition) is 1. The van der Waals surface area contributed by atoms with Crippen LogP contribution in [0.1, 0.15) is 11.1 Å². The summed E-state index contributed by atoms with van der Waals surface area (Å²) in [6.45, 7) is 0.334. The van der Waals surface area contributed by atoms with Gasteiger partial charge in [-0.15, -0.1) is 0 Å². The van der Waals surface area contributed by atoms with E-state index < -0.39 is 0 Å². The number of nitrogens with zero attached hydrogens (tertiary/aromatic N) is 1. The van der Waals surface area contributed by atoms with Crippen molar-refractivity contribution in [2.75, 3.05) is 0 Å². The lowest BCUT2D eigenvalue weighted by Crippen LogP contribution is -2.00. The summed E-state index contributed by atoms with van der Waals surface area (Å²) in [4.78, 5) is 0. The van der Waals surface area contributed by atoms with Gasteiger partial charge in [0.25, 0.3) is 0 Å². The Morgan fingerprint density at radius 1 is 1.58 bits per heavy atom. The highest BCUT2D eigenvalue weighted by Gasteiger charge is 2.05. The molecule has 0 bridgehead atoms. The monoisotopic (exact) mass is 244 g/mol. The van der Waals surface area contributed by atoms with E-state index in [4.69, 9.17) is 22.6 Å². The largest absolute Gasteiger partial charge is 0.326 e. The molecular formula is C8H6BrClN2. The summed E-state index contributed by atoms with van der Waals surface area (Å²) in [6, 6.07) is 5.37. The van der Waals surface area contributed by atoms with Gasteiger partial charge in [0.15, 0.2) is 0 Å². The Labute approximate surface area is 84.1 Å². The Bertz CT molecular complexity index is 344. The molecule has 1 rings (SSSR count). The summed E-state index contributed by atoms with van der Waals surface area (Å²) in [7, 11) is 0. The summed E-state index contributed by atoms with van der Waals surface area (Å²) in [5, 5.41) is 9.25. The van der Waals surface area contributed by atoms with E-state index in [1.165, 1.54) is 0 Å². The van der Waals surface area contributed by atoms with Crippen molar-refractivity contribution in [3.8, 4) is 6.07 Å². The molecular weight excluding hydrogens is 239 g/mol. The minimum atomic E-state index is 0.334. The first kappa shape index (κ1) is 9.53. The van der Waals surface area contributed by atoms with E-state index in [1.54, 1.807) is 12.1 Å². The Morgan fingerprint density at radius 2 is 2.25 bits per heavy atom. The van der Waals surface area contributed by atoms with Gasteiger partial charge in [-0.05, 0) is 17.7 Å². The van der Waals surface area contributed by atoms with Gasteiger partial charge >= 0.3 is 0 Å². The zero-order chi connectivity index (χ0) is 9.14. The smallest absolute Gasteiger partial charge is 0.0995 e. The molecule has 0 amide bonds. The molecule has 2 nitrogen and oxygen atoms in total. The highest BCUT2D eigenvalue weighted by molar-refractivity contribution is 9.10. The minimum absolute atomic E-state index is 0.334. The summed E-state index contributed by atoms with van der Waals surface area (Å²) >= 11 is 9.02. The SMILES string of the molecule is N#Cc1cc(Cl)cc(Br)c1CN. The number of nitrogens with two attached hydrogens (primary N) is 1. The Morgan fingerprint density at radius 3 is 2.75 bits per heavy atom. The first-order valence-corrected chi connectivity index (χ1v) is 4.44. The van der Waals surface area contributed by atoms with Gasteiger partial charge in [-0.2, -0.15) is 5.26 Å². The fourth-order valence-corrected chi connectivity index (χ4v) is 1.88. The van der Waals surface area contributed by atoms with Crippen LogP contribution in [0, 0.1) is 11.3 Å². The van der Waals surface area contributed by atoms with Crippen molar-refractivity contribution in [1.29, 1.82) is 5.26 Å². The van der Waals surface area contributed by atoms with Crippen LogP contribution < -0.4 is 5.73 Å². The Hall–Kier alpha value is -0.560. The van der Waals surface area contributed by atoms with Crippen LogP contribution in [-0.4, -0.2) is 0 Å². The summed E-state index contributed by atoms with van der Waals surface area (Å²) < 4.78 is 0.786. The topological polar surface area (TPSA) is 49.8 Å². The molecule has 0 aliphatic rings. The molecule has 0 saturated heterocycles. The number of halogens is 2. The molecule has 0 saturated carbocycles. The van der Waals surface area contributed by atoms with Crippen molar-refractivity contribution in [3.05, 3.63) is 32.8 Å². The van der Waals surface area contributed by atoms with Gasteiger partial charge in [0, 0.05) is 16.0 Å². The van der Waals surface area contributed by atoms with E-state index in [2.05, 4.69) is 15.9 Å². The van der Waals surface area contributed by atoms with Gasteiger partial charge in [-0.1, -0.05) is 27.5 Å².